The van der Waals surface area contributed by atoms with Gasteiger partial charge in [-0.25, -0.2) is 0 Å². The molecular formula is C62H91N3O5. The van der Waals surface area contributed by atoms with E-state index in [0.717, 1.165) is 107 Å². The molecule has 0 heterocycles. The molecule has 0 spiro atoms. The summed E-state index contributed by atoms with van der Waals surface area (Å²) in [5.74, 6) is 2.68. The summed E-state index contributed by atoms with van der Waals surface area (Å²) in [6.07, 6.45) is 23.5. The maximum absolute atomic E-state index is 14.8. The topological polar surface area (TPSA) is 140 Å². The number of carbonyl (C=O) groups is 3. The third kappa shape index (κ3) is 9.80. The van der Waals surface area contributed by atoms with Gasteiger partial charge in [-0.05, 0) is 212 Å². The van der Waals surface area contributed by atoms with E-state index in [9.17, 15) is 19.5 Å². The van der Waals surface area contributed by atoms with Crippen LogP contribution in [0.15, 0.2) is 59.7 Å². The van der Waals surface area contributed by atoms with E-state index in [1.54, 1.807) is 0 Å². The molecule has 8 nitrogen and oxygen atoms in total. The van der Waals surface area contributed by atoms with Gasteiger partial charge >= 0.3 is 5.97 Å². The zero-order chi connectivity index (χ0) is 50.6. The van der Waals surface area contributed by atoms with E-state index in [-0.39, 0.29) is 68.9 Å². The summed E-state index contributed by atoms with van der Waals surface area (Å²) < 4.78 is 5.67. The van der Waals surface area contributed by atoms with E-state index in [4.69, 9.17) is 15.6 Å². The normalized spacial score (nSPS) is 36.7. The molecule has 6 fully saturated rings. The van der Waals surface area contributed by atoms with E-state index in [1.165, 1.54) is 31.3 Å². The fourth-order valence-electron chi connectivity index (χ4n) is 17.3. The summed E-state index contributed by atoms with van der Waals surface area (Å²) in [5.41, 5.74) is 5.17. The Hall–Kier alpha value is -3.65. The Balaban J connectivity index is 0.826. The van der Waals surface area contributed by atoms with Crippen molar-refractivity contribution in [2.45, 2.75) is 209 Å². The van der Waals surface area contributed by atoms with Gasteiger partial charge in [-0.15, -0.1) is 0 Å². The fourth-order valence-corrected chi connectivity index (χ4v) is 17.3. The van der Waals surface area contributed by atoms with Crippen molar-refractivity contribution in [1.29, 1.82) is 10.8 Å². The number of ether oxygens (including phenoxy) is 1. The van der Waals surface area contributed by atoms with Crippen molar-refractivity contribution in [2.75, 3.05) is 6.54 Å². The second-order valence-electron chi connectivity index (χ2n) is 26.5. The minimum atomic E-state index is -0.478. The number of allylic oxidation sites excluding steroid dienone is 5. The monoisotopic (exact) mass is 958 g/mol. The summed E-state index contributed by atoms with van der Waals surface area (Å²) in [4.78, 5) is 41.1. The molecule has 7 aliphatic carbocycles. The van der Waals surface area contributed by atoms with Crippen molar-refractivity contribution >= 4 is 29.1 Å². The summed E-state index contributed by atoms with van der Waals surface area (Å²) >= 11 is 0. The quantitative estimate of drug-likeness (QED) is 0.0600. The first-order chi connectivity index (χ1) is 32.9. The predicted molar refractivity (Wildman–Crippen MR) is 283 cm³/mol. The lowest BCUT2D eigenvalue weighted by Gasteiger charge is -2.72. The molecular weight excluding hydrogens is 867 g/mol. The van der Waals surface area contributed by atoms with E-state index in [2.05, 4.69) is 59.5 Å². The molecule has 0 bridgehead atoms. The van der Waals surface area contributed by atoms with Gasteiger partial charge in [-0.3, -0.25) is 14.4 Å². The number of carbonyl (C=O) groups excluding carboxylic acids is 3. The predicted octanol–water partition coefficient (Wildman–Crippen LogP) is 13.7. The van der Waals surface area contributed by atoms with Crippen LogP contribution in [0.2, 0.25) is 0 Å². The molecule has 0 aromatic heterocycles. The molecule has 384 valence electrons. The Kier molecular flexibility index (Phi) is 15.0. The molecule has 12 atom stereocenters. The number of aliphatic hydroxyl groups is 1. The Labute approximate surface area is 422 Å². The lowest BCUT2D eigenvalue weighted by Crippen LogP contribution is -2.67. The zero-order valence-corrected chi connectivity index (χ0v) is 44.9. The molecule has 1 aromatic rings. The van der Waals surface area contributed by atoms with Crippen LogP contribution in [0.5, 0.6) is 0 Å². The van der Waals surface area contributed by atoms with Crippen molar-refractivity contribution in [3.8, 4) is 0 Å². The van der Waals surface area contributed by atoms with Crippen LogP contribution < -0.4 is 5.32 Å². The molecule has 1 aromatic carbocycles. The second kappa shape index (κ2) is 20.0. The number of aliphatic hydroxyl groups excluding tert-OH is 1. The summed E-state index contributed by atoms with van der Waals surface area (Å²) in [7, 11) is 0. The smallest absolute Gasteiger partial charge is 0.309 e. The first-order valence-corrected chi connectivity index (χ1v) is 28.0. The summed E-state index contributed by atoms with van der Waals surface area (Å²) in [6.45, 7) is 25.7. The number of esters is 1. The van der Waals surface area contributed by atoms with Crippen LogP contribution in [-0.2, 0) is 25.5 Å². The highest BCUT2D eigenvalue weighted by Crippen LogP contribution is 2.77. The molecule has 6 saturated carbocycles. The Bertz CT molecular complexity index is 2260. The molecule has 0 radical (unpaired) electrons. The van der Waals surface area contributed by atoms with Gasteiger partial charge in [-0.2, -0.15) is 0 Å². The highest BCUT2D eigenvalue weighted by Gasteiger charge is 2.72. The number of Topliss-reactive ketones (excluding diaryl/α,β-unsaturated/α-hetero) is 1. The maximum atomic E-state index is 14.8. The van der Waals surface area contributed by atoms with Crippen molar-refractivity contribution < 1.29 is 24.2 Å². The van der Waals surface area contributed by atoms with Crippen molar-refractivity contribution in [2.24, 2.45) is 68.5 Å². The third-order valence-corrected chi connectivity index (χ3v) is 21.2. The van der Waals surface area contributed by atoms with Crippen LogP contribution in [0.1, 0.15) is 202 Å². The summed E-state index contributed by atoms with van der Waals surface area (Å²) in [6, 6.07) is 7.77. The molecule has 4 N–H and O–H groups in total. The second-order valence-corrected chi connectivity index (χ2v) is 26.5. The van der Waals surface area contributed by atoms with Gasteiger partial charge in [0.1, 0.15) is 5.60 Å². The van der Waals surface area contributed by atoms with Crippen LogP contribution in [0.3, 0.4) is 0 Å². The van der Waals surface area contributed by atoms with Crippen molar-refractivity contribution in [3.05, 3.63) is 70.8 Å². The molecule has 11 unspecified atom stereocenters. The van der Waals surface area contributed by atoms with Gasteiger partial charge in [-0.1, -0.05) is 102 Å². The molecule has 0 saturated heterocycles. The highest BCUT2D eigenvalue weighted by molar-refractivity contribution is 6.45. The van der Waals surface area contributed by atoms with Gasteiger partial charge in [0.25, 0.3) is 0 Å². The van der Waals surface area contributed by atoms with Crippen LogP contribution in [0, 0.1) is 79.3 Å². The number of benzene rings is 1. The van der Waals surface area contributed by atoms with Gasteiger partial charge in [0, 0.05) is 24.3 Å². The average molecular weight is 958 g/mol. The number of ketones is 1. The largest absolute Gasteiger partial charge is 0.460 e. The third-order valence-electron chi connectivity index (χ3n) is 21.2. The lowest BCUT2D eigenvalue weighted by molar-refractivity contribution is -0.246. The lowest BCUT2D eigenvalue weighted by atomic mass is 9.32. The number of hydrogen-bond donors (Lipinski definition) is 4. The van der Waals surface area contributed by atoms with Crippen molar-refractivity contribution in [3.63, 3.8) is 0 Å². The zero-order valence-electron chi connectivity index (χ0n) is 44.9. The molecule has 70 heavy (non-hydrogen) atoms. The molecule has 7 aliphatic rings. The van der Waals surface area contributed by atoms with E-state index in [1.807, 2.05) is 51.1 Å². The number of hydrogen-bond acceptors (Lipinski definition) is 7. The molecule has 1 amide bonds. The Morgan fingerprint density at radius 1 is 0.871 bits per heavy atom. The Morgan fingerprint density at radius 2 is 1.61 bits per heavy atom. The average Bonchev–Trinajstić information content (AvgIpc) is 3.72. The highest BCUT2D eigenvalue weighted by atomic mass is 16.6. The number of nitrogens with one attached hydrogen (secondary N) is 3. The van der Waals surface area contributed by atoms with Crippen molar-refractivity contribution in [1.82, 2.24) is 5.32 Å². The fraction of sp³-hybridized carbons (Fsp3) is 0.726. The minimum Gasteiger partial charge on any atom is -0.460 e. The first kappa shape index (κ1) is 52.7. The van der Waals surface area contributed by atoms with Crippen LogP contribution in [-0.4, -0.2) is 52.4 Å². The SMILES string of the molecule is C=C(C)C1CCC2(C(=O)NCCCC3=CCCC(C(=O)C(=N)Cc4ccc(C(=N)CCC5CCCC(C(=O)OC(C)(C)C)C5)cc4)=C3)CC[C@]3(C)C(CCC4C5(C)CCC(O)C(C)(C)C5CCC43C)C12. The van der Waals surface area contributed by atoms with Crippen LogP contribution >= 0.6 is 0 Å². The first-order valence-electron chi connectivity index (χ1n) is 28.0. The van der Waals surface area contributed by atoms with Gasteiger partial charge in [0.2, 0.25) is 11.7 Å². The molecule has 8 heteroatoms. The van der Waals surface area contributed by atoms with E-state index < -0.39 is 5.60 Å². The summed E-state index contributed by atoms with van der Waals surface area (Å²) in [5, 5.41) is 32.3. The van der Waals surface area contributed by atoms with Gasteiger partial charge < -0.3 is 26.0 Å². The number of amides is 1. The standard InChI is InChI=1S/C62H91N3O5/c1-39(2)46-27-32-62(34-33-60(9)47(53(46)62)24-26-51-59(8)30-29-52(66)58(6,7)50(59)28-31-61(51,60)10)56(69)65-35-13-16-40-14-11-17-44(36-40)54(67)49(64)38-42-19-22-43(23-20-42)48(63)25-21-41-15-12-18-45(37-41)55(68)70-57(3,4)5/h14,19-20,22-23,36,41,45-47,50-53,63-64,66H,1,11-13,15-18,21,24-35,37-38H2,2-10H3,(H,65,69)/t41?,45?,46?,47?,50?,51?,52?,53?,59?,60-,61?,62?/m1/s1. The molecule has 0 aliphatic heterocycles. The number of rotatable bonds is 15. The number of fused-ring (bicyclic) bond motifs is 7. The van der Waals surface area contributed by atoms with Gasteiger partial charge in [0.05, 0.1) is 23.1 Å². The van der Waals surface area contributed by atoms with E-state index in [0.29, 0.717) is 66.2 Å². The van der Waals surface area contributed by atoms with Crippen LogP contribution in [0.4, 0.5) is 0 Å². The molecule has 8 rings (SSSR count). The Morgan fingerprint density at radius 3 is 2.33 bits per heavy atom. The minimum absolute atomic E-state index is 0.0534. The van der Waals surface area contributed by atoms with Gasteiger partial charge in [0.15, 0.2) is 0 Å². The van der Waals surface area contributed by atoms with E-state index >= 15 is 0 Å². The van der Waals surface area contributed by atoms with Crippen LogP contribution in [0.25, 0.3) is 0 Å². The maximum Gasteiger partial charge on any atom is 0.309 e.